The second kappa shape index (κ2) is 8.58. The van der Waals surface area contributed by atoms with E-state index in [9.17, 15) is 0 Å². The smallest absolute Gasteiger partial charge is 0.128 e. The third kappa shape index (κ3) is 4.55. The van der Waals surface area contributed by atoms with Crippen LogP contribution in [0.3, 0.4) is 0 Å². The number of hydrogen-bond donors (Lipinski definition) is 0. The van der Waals surface area contributed by atoms with Crippen LogP contribution >= 0.6 is 0 Å². The van der Waals surface area contributed by atoms with Crippen LogP contribution < -0.4 is 4.90 Å². The van der Waals surface area contributed by atoms with Crippen molar-refractivity contribution in [1.29, 1.82) is 0 Å². The molecule has 5 nitrogen and oxygen atoms in total. The highest BCUT2D eigenvalue weighted by atomic mass is 15.3. The van der Waals surface area contributed by atoms with Crippen molar-refractivity contribution in [3.05, 3.63) is 60.6 Å². The summed E-state index contributed by atoms with van der Waals surface area (Å²) in [6.45, 7) is 11.2. The number of nitrogens with zero attached hydrogens (tertiary/aromatic N) is 5. The summed E-state index contributed by atoms with van der Waals surface area (Å²) in [7, 11) is 0. The Hall–Kier alpha value is -2.69. The van der Waals surface area contributed by atoms with Gasteiger partial charge in [0.1, 0.15) is 11.5 Å². The van der Waals surface area contributed by atoms with Crippen LogP contribution in [0.4, 0.5) is 5.82 Å². The molecule has 3 aromatic heterocycles. The molecule has 0 N–H and O–H groups in total. The van der Waals surface area contributed by atoms with Gasteiger partial charge in [0.15, 0.2) is 0 Å². The van der Waals surface area contributed by atoms with Crippen molar-refractivity contribution < 1.29 is 0 Å². The van der Waals surface area contributed by atoms with Gasteiger partial charge in [0.25, 0.3) is 0 Å². The Balaban J connectivity index is 1.35. The Morgan fingerprint density at radius 3 is 2.43 bits per heavy atom. The van der Waals surface area contributed by atoms with E-state index in [4.69, 9.17) is 10.1 Å². The van der Waals surface area contributed by atoms with Crippen molar-refractivity contribution >= 4 is 5.82 Å². The molecule has 4 heterocycles. The minimum Gasteiger partial charge on any atom is -0.357 e. The maximum Gasteiger partial charge on any atom is 0.128 e. The van der Waals surface area contributed by atoms with Gasteiger partial charge >= 0.3 is 0 Å². The average molecular weight is 404 g/mol. The van der Waals surface area contributed by atoms with Gasteiger partial charge in [-0.25, -0.2) is 4.98 Å². The van der Waals surface area contributed by atoms with Gasteiger partial charge in [-0.1, -0.05) is 26.0 Å². The summed E-state index contributed by atoms with van der Waals surface area (Å²) in [5, 5.41) is 4.84. The number of aromatic nitrogens is 4. The maximum absolute atomic E-state index is 4.84. The van der Waals surface area contributed by atoms with Crippen molar-refractivity contribution in [2.24, 2.45) is 5.92 Å². The van der Waals surface area contributed by atoms with E-state index in [1.807, 2.05) is 30.6 Å². The lowest BCUT2D eigenvalue weighted by Crippen LogP contribution is -2.38. The first-order valence-corrected chi connectivity index (χ1v) is 11.1. The van der Waals surface area contributed by atoms with E-state index in [-0.39, 0.29) is 5.54 Å². The van der Waals surface area contributed by atoms with Gasteiger partial charge in [-0.3, -0.25) is 9.67 Å². The molecule has 0 aromatic carbocycles. The van der Waals surface area contributed by atoms with Gasteiger partial charge in [-0.2, -0.15) is 5.10 Å². The van der Waals surface area contributed by atoms with Gasteiger partial charge in [0.2, 0.25) is 0 Å². The molecule has 1 aliphatic heterocycles. The molecule has 0 unspecified atom stereocenters. The highest BCUT2D eigenvalue weighted by Crippen LogP contribution is 2.32. The molecule has 0 saturated carbocycles. The number of hydrogen-bond acceptors (Lipinski definition) is 4. The summed E-state index contributed by atoms with van der Waals surface area (Å²) < 4.78 is 2.12. The first kappa shape index (κ1) is 20.6. The van der Waals surface area contributed by atoms with Crippen LogP contribution in [-0.2, 0) is 5.54 Å². The topological polar surface area (TPSA) is 46.8 Å². The van der Waals surface area contributed by atoms with Crippen LogP contribution in [0.2, 0.25) is 0 Å². The fourth-order valence-electron chi connectivity index (χ4n) is 4.40. The van der Waals surface area contributed by atoms with Crippen molar-refractivity contribution in [2.45, 2.75) is 58.4 Å². The summed E-state index contributed by atoms with van der Waals surface area (Å²) >= 11 is 0. The molecular formula is C25H33N5. The lowest BCUT2D eigenvalue weighted by molar-refractivity contribution is 0.220. The van der Waals surface area contributed by atoms with E-state index in [2.05, 4.69) is 66.7 Å². The molecule has 0 spiro atoms. The predicted molar refractivity (Wildman–Crippen MR) is 123 cm³/mol. The highest BCUT2D eigenvalue weighted by molar-refractivity contribution is 5.52. The molecule has 0 aliphatic carbocycles. The van der Waals surface area contributed by atoms with Crippen LogP contribution in [0.5, 0.6) is 0 Å². The van der Waals surface area contributed by atoms with Crippen LogP contribution in [0.25, 0.3) is 11.4 Å². The molecule has 3 aromatic rings. The highest BCUT2D eigenvalue weighted by Gasteiger charge is 2.29. The maximum atomic E-state index is 4.84. The number of anilines is 1. The third-order valence-electron chi connectivity index (χ3n) is 6.30. The van der Waals surface area contributed by atoms with Crippen LogP contribution in [0.1, 0.15) is 58.4 Å². The summed E-state index contributed by atoms with van der Waals surface area (Å²) in [6, 6.07) is 12.4. The van der Waals surface area contributed by atoms with E-state index in [1.54, 1.807) is 0 Å². The average Bonchev–Trinajstić information content (AvgIpc) is 3.26. The molecule has 1 fully saturated rings. The molecule has 5 heteroatoms. The molecule has 158 valence electrons. The largest absolute Gasteiger partial charge is 0.357 e. The van der Waals surface area contributed by atoms with E-state index in [1.165, 1.54) is 18.4 Å². The SMILES string of the molecule is CC(C)c1ccc(N2CCC(CC(C)(C)n3ccc(-c4ccccn4)n3)CC2)nc1. The fourth-order valence-corrected chi connectivity index (χ4v) is 4.40. The van der Waals surface area contributed by atoms with Crippen molar-refractivity contribution in [3.63, 3.8) is 0 Å². The Labute approximate surface area is 180 Å². The third-order valence-corrected chi connectivity index (χ3v) is 6.30. The molecule has 4 rings (SSSR count). The first-order chi connectivity index (χ1) is 14.4. The van der Waals surface area contributed by atoms with Crippen LogP contribution in [0, 0.1) is 5.92 Å². The molecular weight excluding hydrogens is 370 g/mol. The number of rotatable bonds is 6. The van der Waals surface area contributed by atoms with Crippen LogP contribution in [0.15, 0.2) is 55.0 Å². The summed E-state index contributed by atoms with van der Waals surface area (Å²) in [5.74, 6) is 2.35. The van der Waals surface area contributed by atoms with Gasteiger partial charge in [0.05, 0.1) is 11.2 Å². The summed E-state index contributed by atoms with van der Waals surface area (Å²) in [4.78, 5) is 11.6. The molecule has 1 aliphatic rings. The molecule has 30 heavy (non-hydrogen) atoms. The first-order valence-electron chi connectivity index (χ1n) is 11.1. The Bertz CT molecular complexity index is 935. The van der Waals surface area contributed by atoms with Crippen molar-refractivity contribution in [2.75, 3.05) is 18.0 Å². The van der Waals surface area contributed by atoms with E-state index in [0.29, 0.717) is 11.8 Å². The monoisotopic (exact) mass is 403 g/mol. The van der Waals surface area contributed by atoms with E-state index >= 15 is 0 Å². The van der Waals surface area contributed by atoms with E-state index in [0.717, 1.165) is 36.7 Å². The van der Waals surface area contributed by atoms with E-state index < -0.39 is 0 Å². The number of pyridine rings is 2. The lowest BCUT2D eigenvalue weighted by Gasteiger charge is -2.37. The zero-order valence-corrected chi connectivity index (χ0v) is 18.6. The molecule has 0 amide bonds. The molecule has 0 bridgehead atoms. The summed E-state index contributed by atoms with van der Waals surface area (Å²) in [6.07, 6.45) is 9.48. The number of piperidine rings is 1. The normalized spacial score (nSPS) is 15.7. The standard InChI is InChI=1S/C25H33N5/c1-19(2)21-8-9-24(27-18-21)29-14-10-20(11-15-29)17-25(3,4)30-16-12-23(28-30)22-7-5-6-13-26-22/h5-9,12-13,16,18-20H,10-11,14-15,17H2,1-4H3. The Morgan fingerprint density at radius 2 is 1.80 bits per heavy atom. The fraction of sp³-hybridized carbons (Fsp3) is 0.480. The molecule has 1 saturated heterocycles. The zero-order chi connectivity index (χ0) is 21.1. The van der Waals surface area contributed by atoms with Crippen molar-refractivity contribution in [1.82, 2.24) is 19.7 Å². The zero-order valence-electron chi connectivity index (χ0n) is 18.6. The second-order valence-electron chi connectivity index (χ2n) is 9.41. The van der Waals surface area contributed by atoms with Crippen molar-refractivity contribution in [3.8, 4) is 11.4 Å². The minimum absolute atomic E-state index is 0.0168. The summed E-state index contributed by atoms with van der Waals surface area (Å²) in [5.41, 5.74) is 3.15. The van der Waals surface area contributed by atoms with Gasteiger partial charge < -0.3 is 4.90 Å². The lowest BCUT2D eigenvalue weighted by atomic mass is 9.84. The van der Waals surface area contributed by atoms with Crippen LogP contribution in [-0.4, -0.2) is 32.8 Å². The van der Waals surface area contributed by atoms with Gasteiger partial charge in [0, 0.05) is 31.7 Å². The second-order valence-corrected chi connectivity index (χ2v) is 9.41. The Morgan fingerprint density at radius 1 is 1.00 bits per heavy atom. The molecule has 0 atom stereocenters. The minimum atomic E-state index is -0.0168. The predicted octanol–water partition coefficient (Wildman–Crippen LogP) is 5.51. The Kier molecular flexibility index (Phi) is 5.89. The quantitative estimate of drug-likeness (QED) is 0.545. The van der Waals surface area contributed by atoms with Gasteiger partial charge in [-0.05, 0) is 74.8 Å². The molecule has 0 radical (unpaired) electrons. The van der Waals surface area contributed by atoms with Gasteiger partial charge in [-0.15, -0.1) is 0 Å².